The molecule has 6 heteroatoms. The van der Waals surface area contributed by atoms with E-state index in [-0.39, 0.29) is 0 Å². The Hall–Kier alpha value is -1.92. The number of nitrogens with two attached hydrogens (primary N) is 1. The smallest absolute Gasteiger partial charge is 0.326 e. The maximum absolute atomic E-state index is 10.8. The van der Waals surface area contributed by atoms with Gasteiger partial charge in [-0.05, 0) is 24.1 Å². The van der Waals surface area contributed by atoms with Crippen LogP contribution in [-0.4, -0.2) is 16.1 Å². The molecule has 5 nitrogen and oxygen atoms in total. The molecule has 1 aromatic heterocycles. The number of nitrogens with one attached hydrogen (secondary N) is 1. The second-order valence-electron chi connectivity index (χ2n) is 4.47. The molecule has 4 N–H and O–H groups in total. The second-order valence-corrected chi connectivity index (χ2v) is 5.32. The van der Waals surface area contributed by atoms with Crippen LogP contribution in [0, 0.1) is 0 Å². The number of carboxylic acid groups (broad SMARTS) is 1. The summed E-state index contributed by atoms with van der Waals surface area (Å²) in [5.74, 6) is -1.08. The van der Waals surface area contributed by atoms with Gasteiger partial charge in [0.15, 0.2) is 5.13 Å². The van der Waals surface area contributed by atoms with Crippen molar-refractivity contribution < 1.29 is 9.90 Å². The molecule has 2 aromatic rings. The summed E-state index contributed by atoms with van der Waals surface area (Å²) in [5, 5.41) is 14.3. The third-order valence-electron chi connectivity index (χ3n) is 2.85. The number of aryl methyl sites for hydroxylation is 1. The van der Waals surface area contributed by atoms with Crippen molar-refractivity contribution in [2.75, 3.05) is 5.32 Å². The fourth-order valence-electron chi connectivity index (χ4n) is 1.78. The van der Waals surface area contributed by atoms with Gasteiger partial charge in [0.25, 0.3) is 0 Å². The van der Waals surface area contributed by atoms with Gasteiger partial charge in [-0.1, -0.05) is 25.5 Å². The molecule has 0 spiro atoms. The van der Waals surface area contributed by atoms with Crippen LogP contribution in [0.15, 0.2) is 29.6 Å². The van der Waals surface area contributed by atoms with Gasteiger partial charge in [-0.25, -0.2) is 4.98 Å². The molecule has 0 radical (unpaired) electrons. The van der Waals surface area contributed by atoms with Crippen LogP contribution >= 0.6 is 11.3 Å². The zero-order valence-corrected chi connectivity index (χ0v) is 12.0. The van der Waals surface area contributed by atoms with Gasteiger partial charge in [0.1, 0.15) is 6.04 Å². The largest absolute Gasteiger partial charge is 0.480 e. The Kier molecular flexibility index (Phi) is 4.70. The number of nitrogens with zero attached hydrogens (tertiary/aromatic N) is 1. The van der Waals surface area contributed by atoms with Crippen molar-refractivity contribution in [1.82, 2.24) is 4.98 Å². The molecule has 1 heterocycles. The Balaban J connectivity index is 2.04. The average molecular weight is 291 g/mol. The zero-order chi connectivity index (χ0) is 14.5. The van der Waals surface area contributed by atoms with Crippen LogP contribution in [-0.2, 0) is 11.2 Å². The SMILES string of the molecule is CCCc1ccc(Nc2nc(C(N)C(=O)O)cs2)cc1. The first-order chi connectivity index (χ1) is 9.60. The number of anilines is 2. The van der Waals surface area contributed by atoms with Crippen LogP contribution in [0.2, 0.25) is 0 Å². The Labute approximate surface area is 121 Å². The molecule has 106 valence electrons. The van der Waals surface area contributed by atoms with E-state index in [1.54, 1.807) is 5.38 Å². The van der Waals surface area contributed by atoms with Crippen LogP contribution in [0.1, 0.15) is 30.6 Å². The van der Waals surface area contributed by atoms with E-state index in [2.05, 4.69) is 29.4 Å². The molecule has 0 aliphatic heterocycles. The molecule has 1 atom stereocenters. The lowest BCUT2D eigenvalue weighted by atomic mass is 10.1. The maximum Gasteiger partial charge on any atom is 0.326 e. The van der Waals surface area contributed by atoms with E-state index in [1.807, 2.05) is 12.1 Å². The summed E-state index contributed by atoms with van der Waals surface area (Å²) in [6, 6.07) is 7.05. The monoisotopic (exact) mass is 291 g/mol. The first-order valence-corrected chi connectivity index (χ1v) is 7.28. The second kappa shape index (κ2) is 6.49. The van der Waals surface area contributed by atoms with Crippen LogP contribution < -0.4 is 11.1 Å². The van der Waals surface area contributed by atoms with Crippen molar-refractivity contribution >= 4 is 28.1 Å². The molecule has 20 heavy (non-hydrogen) atoms. The first kappa shape index (κ1) is 14.5. The predicted molar refractivity (Wildman–Crippen MR) is 80.4 cm³/mol. The molecule has 0 saturated carbocycles. The minimum absolute atomic E-state index is 0.368. The van der Waals surface area contributed by atoms with E-state index in [9.17, 15) is 4.79 Å². The third-order valence-corrected chi connectivity index (χ3v) is 3.63. The van der Waals surface area contributed by atoms with Gasteiger partial charge in [-0.15, -0.1) is 11.3 Å². The van der Waals surface area contributed by atoms with E-state index < -0.39 is 12.0 Å². The van der Waals surface area contributed by atoms with Crippen LogP contribution in [0.25, 0.3) is 0 Å². The number of carbonyl (C=O) groups is 1. The Morgan fingerprint density at radius 3 is 2.75 bits per heavy atom. The quantitative estimate of drug-likeness (QED) is 0.761. The van der Waals surface area contributed by atoms with Crippen molar-refractivity contribution in [3.05, 3.63) is 40.9 Å². The summed E-state index contributed by atoms with van der Waals surface area (Å²) in [4.78, 5) is 15.0. The Morgan fingerprint density at radius 1 is 1.45 bits per heavy atom. The fourth-order valence-corrected chi connectivity index (χ4v) is 2.55. The lowest BCUT2D eigenvalue weighted by molar-refractivity contribution is -0.138. The number of carboxylic acids is 1. The lowest BCUT2D eigenvalue weighted by Crippen LogP contribution is -2.20. The fraction of sp³-hybridized carbons (Fsp3) is 0.286. The summed E-state index contributed by atoms with van der Waals surface area (Å²) < 4.78 is 0. The highest BCUT2D eigenvalue weighted by Gasteiger charge is 2.17. The van der Waals surface area contributed by atoms with Gasteiger partial charge in [-0.3, -0.25) is 4.79 Å². The maximum atomic E-state index is 10.8. The number of hydrogen-bond donors (Lipinski definition) is 3. The third kappa shape index (κ3) is 3.55. The molecule has 0 amide bonds. The highest BCUT2D eigenvalue weighted by Crippen LogP contribution is 2.23. The van der Waals surface area contributed by atoms with Crippen molar-refractivity contribution in [2.24, 2.45) is 5.73 Å². The van der Waals surface area contributed by atoms with Crippen molar-refractivity contribution in [3.63, 3.8) is 0 Å². The summed E-state index contributed by atoms with van der Waals surface area (Å²) in [6.07, 6.45) is 2.19. The zero-order valence-electron chi connectivity index (χ0n) is 11.2. The molecule has 0 aliphatic rings. The van der Waals surface area contributed by atoms with Gasteiger partial charge in [0, 0.05) is 11.1 Å². The minimum Gasteiger partial charge on any atom is -0.480 e. The Morgan fingerprint density at radius 2 is 2.15 bits per heavy atom. The van der Waals surface area contributed by atoms with Gasteiger partial charge in [0.2, 0.25) is 0 Å². The lowest BCUT2D eigenvalue weighted by Gasteiger charge is -2.04. The van der Waals surface area contributed by atoms with E-state index >= 15 is 0 Å². The van der Waals surface area contributed by atoms with Crippen molar-refractivity contribution in [1.29, 1.82) is 0 Å². The number of aromatic nitrogens is 1. The molecular formula is C14H17N3O2S. The van der Waals surface area contributed by atoms with Crippen LogP contribution in [0.4, 0.5) is 10.8 Å². The standard InChI is InChI=1S/C14H17N3O2S/c1-2-3-9-4-6-10(7-5-9)16-14-17-11(8-20-14)12(15)13(18)19/h4-8,12H,2-3,15H2,1H3,(H,16,17)(H,18,19). The number of hydrogen-bond acceptors (Lipinski definition) is 5. The number of aliphatic carboxylic acids is 1. The summed E-state index contributed by atoms with van der Waals surface area (Å²) in [6.45, 7) is 2.15. The van der Waals surface area contributed by atoms with E-state index in [1.165, 1.54) is 16.9 Å². The molecule has 1 aromatic carbocycles. The van der Waals surface area contributed by atoms with Gasteiger partial charge >= 0.3 is 5.97 Å². The van der Waals surface area contributed by atoms with Gasteiger partial charge < -0.3 is 16.2 Å². The minimum atomic E-state index is -1.08. The highest BCUT2D eigenvalue weighted by atomic mass is 32.1. The summed E-state index contributed by atoms with van der Waals surface area (Å²) in [5.41, 5.74) is 8.11. The van der Waals surface area contributed by atoms with Crippen LogP contribution in [0.3, 0.4) is 0 Å². The molecular weight excluding hydrogens is 274 g/mol. The number of rotatable bonds is 6. The normalized spacial score (nSPS) is 12.1. The molecule has 1 unspecified atom stereocenters. The van der Waals surface area contributed by atoms with Crippen molar-refractivity contribution in [3.8, 4) is 0 Å². The topological polar surface area (TPSA) is 88.2 Å². The van der Waals surface area contributed by atoms with Gasteiger partial charge in [-0.2, -0.15) is 0 Å². The van der Waals surface area contributed by atoms with Gasteiger partial charge in [0.05, 0.1) is 5.69 Å². The van der Waals surface area contributed by atoms with E-state index in [4.69, 9.17) is 10.8 Å². The highest BCUT2D eigenvalue weighted by molar-refractivity contribution is 7.13. The van der Waals surface area contributed by atoms with Crippen molar-refractivity contribution in [2.45, 2.75) is 25.8 Å². The summed E-state index contributed by atoms with van der Waals surface area (Å²) >= 11 is 1.34. The molecule has 0 fully saturated rings. The van der Waals surface area contributed by atoms with E-state index in [0.717, 1.165) is 18.5 Å². The molecule has 2 rings (SSSR count). The van der Waals surface area contributed by atoms with Crippen LogP contribution in [0.5, 0.6) is 0 Å². The first-order valence-electron chi connectivity index (χ1n) is 6.40. The summed E-state index contributed by atoms with van der Waals surface area (Å²) in [7, 11) is 0. The number of thiazole rings is 1. The number of benzene rings is 1. The van der Waals surface area contributed by atoms with E-state index in [0.29, 0.717) is 10.8 Å². The predicted octanol–water partition coefficient (Wildman–Crippen LogP) is 2.92. The average Bonchev–Trinajstić information content (AvgIpc) is 2.89. The Bertz CT molecular complexity index is 580. The molecule has 0 saturated heterocycles. The molecule has 0 aliphatic carbocycles. The molecule has 0 bridgehead atoms.